The average Bonchev–Trinajstić information content (AvgIpc) is 2.98. The molecule has 2 heterocycles. The minimum absolute atomic E-state index is 0.130. The van der Waals surface area contributed by atoms with Gasteiger partial charge in [-0.1, -0.05) is 23.5 Å². The van der Waals surface area contributed by atoms with Crippen LogP contribution in [0.15, 0.2) is 62.9 Å². The molecule has 1 amide bonds. The largest absolute Gasteiger partial charge is 0.463 e. The number of aromatic nitrogens is 1. The minimum Gasteiger partial charge on any atom is -0.463 e. The number of carbonyl (C=O) groups excluding carboxylic acids is 1. The number of fused-ring (bicyclic) bond motifs is 2. The van der Waals surface area contributed by atoms with Crippen molar-refractivity contribution in [2.24, 2.45) is 4.99 Å². The van der Waals surface area contributed by atoms with E-state index in [1.165, 1.54) is 23.5 Å². The lowest BCUT2D eigenvalue weighted by molar-refractivity contribution is 0.0995. The highest BCUT2D eigenvalue weighted by atomic mass is 32.1. The second-order valence-electron chi connectivity index (χ2n) is 5.63. The molecule has 0 unspecified atom stereocenters. The maximum atomic E-state index is 13.5. The van der Waals surface area contributed by atoms with E-state index in [2.05, 4.69) is 4.99 Å². The maximum absolute atomic E-state index is 13.5. The number of benzene rings is 2. The third kappa shape index (κ3) is 2.66. The molecule has 130 valence electrons. The molecule has 2 aromatic carbocycles. The molecule has 7 heteroatoms. The van der Waals surface area contributed by atoms with Gasteiger partial charge in [-0.25, -0.2) is 4.39 Å². The van der Waals surface area contributed by atoms with Crippen molar-refractivity contribution in [2.45, 2.75) is 13.5 Å². The number of aryl methyl sites for hydroxylation is 1. The van der Waals surface area contributed by atoms with Gasteiger partial charge in [0, 0.05) is 6.54 Å². The number of rotatable bonds is 2. The summed E-state index contributed by atoms with van der Waals surface area (Å²) in [6.45, 7) is 2.47. The highest BCUT2D eigenvalue weighted by molar-refractivity contribution is 7.16. The molecule has 0 aliphatic rings. The molecule has 0 saturated carbocycles. The number of carbonyl (C=O) groups is 1. The van der Waals surface area contributed by atoms with Gasteiger partial charge in [-0.3, -0.25) is 9.59 Å². The second-order valence-corrected chi connectivity index (χ2v) is 6.64. The predicted octanol–water partition coefficient (Wildman–Crippen LogP) is 3.71. The fourth-order valence-corrected chi connectivity index (χ4v) is 3.93. The van der Waals surface area contributed by atoms with Crippen molar-refractivity contribution in [2.75, 3.05) is 0 Å². The first-order chi connectivity index (χ1) is 12.6. The molecule has 0 spiro atoms. The zero-order chi connectivity index (χ0) is 18.3. The van der Waals surface area contributed by atoms with Crippen LogP contribution in [0.4, 0.5) is 4.39 Å². The standard InChI is InChI=1S/C19H13FN2O3S/c1-2-22-14-8-7-11(20)9-16(14)26-19(22)21-18(24)13-10-25-15-6-4-3-5-12(15)17(13)23/h3-10H,2H2,1H3. The van der Waals surface area contributed by atoms with Crippen LogP contribution >= 0.6 is 11.3 Å². The quantitative estimate of drug-likeness (QED) is 0.542. The summed E-state index contributed by atoms with van der Waals surface area (Å²) in [5.41, 5.74) is 0.650. The van der Waals surface area contributed by atoms with Crippen LogP contribution in [0, 0.1) is 5.82 Å². The Balaban J connectivity index is 1.89. The van der Waals surface area contributed by atoms with E-state index >= 15 is 0 Å². The van der Waals surface area contributed by atoms with Gasteiger partial charge in [0.15, 0.2) is 4.80 Å². The number of hydrogen-bond acceptors (Lipinski definition) is 4. The zero-order valence-electron chi connectivity index (χ0n) is 13.7. The van der Waals surface area contributed by atoms with Crippen LogP contribution in [0.5, 0.6) is 0 Å². The Morgan fingerprint density at radius 2 is 2.08 bits per heavy atom. The number of hydrogen-bond donors (Lipinski definition) is 0. The summed E-state index contributed by atoms with van der Waals surface area (Å²) in [6, 6.07) is 11.1. The van der Waals surface area contributed by atoms with Gasteiger partial charge in [0.05, 0.1) is 15.6 Å². The Kier molecular flexibility index (Phi) is 4.00. The molecule has 0 radical (unpaired) electrons. The molecule has 4 aromatic rings. The summed E-state index contributed by atoms with van der Waals surface area (Å²) < 4.78 is 21.3. The molecule has 4 rings (SSSR count). The third-order valence-corrected chi connectivity index (χ3v) is 5.11. The van der Waals surface area contributed by atoms with Gasteiger partial charge >= 0.3 is 0 Å². The van der Waals surface area contributed by atoms with Gasteiger partial charge < -0.3 is 8.98 Å². The van der Waals surface area contributed by atoms with E-state index < -0.39 is 11.3 Å². The molecule has 0 aliphatic heterocycles. The molecule has 26 heavy (non-hydrogen) atoms. The molecule has 0 N–H and O–H groups in total. The maximum Gasteiger partial charge on any atom is 0.286 e. The van der Waals surface area contributed by atoms with E-state index in [-0.39, 0.29) is 11.4 Å². The highest BCUT2D eigenvalue weighted by Crippen LogP contribution is 2.18. The number of nitrogens with zero attached hydrogens (tertiary/aromatic N) is 2. The summed E-state index contributed by atoms with van der Waals surface area (Å²) in [5, 5.41) is 0.329. The van der Waals surface area contributed by atoms with E-state index in [0.29, 0.717) is 27.0 Å². The lowest BCUT2D eigenvalue weighted by Gasteiger charge is -2.00. The first kappa shape index (κ1) is 16.4. The molecule has 2 aromatic heterocycles. The van der Waals surface area contributed by atoms with E-state index in [9.17, 15) is 14.0 Å². The molecule has 0 atom stereocenters. The van der Waals surface area contributed by atoms with Crippen LogP contribution in [-0.2, 0) is 6.54 Å². The van der Waals surface area contributed by atoms with Gasteiger partial charge in [-0.15, -0.1) is 0 Å². The number of thiazole rings is 1. The Bertz CT molecular complexity index is 1280. The van der Waals surface area contributed by atoms with Crippen LogP contribution < -0.4 is 10.2 Å². The van der Waals surface area contributed by atoms with Crippen molar-refractivity contribution in [3.63, 3.8) is 0 Å². The van der Waals surface area contributed by atoms with Gasteiger partial charge in [0.1, 0.15) is 23.2 Å². The topological polar surface area (TPSA) is 64.6 Å². The average molecular weight is 368 g/mol. The lowest BCUT2D eigenvalue weighted by atomic mass is 10.2. The minimum atomic E-state index is -0.682. The Morgan fingerprint density at radius 1 is 1.27 bits per heavy atom. The molecule has 0 aliphatic carbocycles. The molecular weight excluding hydrogens is 355 g/mol. The first-order valence-corrected chi connectivity index (χ1v) is 8.78. The van der Waals surface area contributed by atoms with Crippen molar-refractivity contribution in [3.8, 4) is 0 Å². The second kappa shape index (κ2) is 6.34. The summed E-state index contributed by atoms with van der Waals surface area (Å²) in [7, 11) is 0. The predicted molar refractivity (Wildman–Crippen MR) is 97.8 cm³/mol. The fraction of sp³-hybridized carbons (Fsp3) is 0.105. The van der Waals surface area contributed by atoms with Crippen LogP contribution in [0.3, 0.4) is 0 Å². The first-order valence-electron chi connectivity index (χ1n) is 7.97. The van der Waals surface area contributed by atoms with Gasteiger partial charge in [-0.2, -0.15) is 4.99 Å². The Morgan fingerprint density at radius 3 is 2.88 bits per heavy atom. The van der Waals surface area contributed by atoms with Crippen LogP contribution in [0.1, 0.15) is 17.3 Å². The summed E-state index contributed by atoms with van der Waals surface area (Å²) in [4.78, 5) is 29.6. The van der Waals surface area contributed by atoms with E-state index in [0.717, 1.165) is 11.8 Å². The van der Waals surface area contributed by atoms with Crippen molar-refractivity contribution in [1.82, 2.24) is 4.57 Å². The molecule has 0 bridgehead atoms. The fourth-order valence-electron chi connectivity index (χ4n) is 2.81. The zero-order valence-corrected chi connectivity index (χ0v) is 14.5. The van der Waals surface area contributed by atoms with E-state index in [4.69, 9.17) is 4.42 Å². The van der Waals surface area contributed by atoms with Crippen molar-refractivity contribution < 1.29 is 13.6 Å². The van der Waals surface area contributed by atoms with E-state index in [1.54, 1.807) is 34.9 Å². The summed E-state index contributed by atoms with van der Waals surface area (Å²) in [5.74, 6) is -1.03. The highest BCUT2D eigenvalue weighted by Gasteiger charge is 2.15. The van der Waals surface area contributed by atoms with Crippen molar-refractivity contribution in [3.05, 3.63) is 75.1 Å². The smallest absolute Gasteiger partial charge is 0.286 e. The van der Waals surface area contributed by atoms with Crippen molar-refractivity contribution >= 4 is 38.4 Å². The van der Waals surface area contributed by atoms with Gasteiger partial charge in [-0.05, 0) is 37.3 Å². The monoisotopic (exact) mass is 368 g/mol. The Labute approximate surface area is 150 Å². The molecule has 0 saturated heterocycles. The number of halogens is 1. The molecule has 0 fully saturated rings. The number of amides is 1. The molecular formula is C19H13FN2O3S. The van der Waals surface area contributed by atoms with Crippen LogP contribution in [-0.4, -0.2) is 10.5 Å². The normalized spacial score (nSPS) is 12.2. The van der Waals surface area contributed by atoms with Crippen LogP contribution in [0.25, 0.3) is 21.2 Å². The SMILES string of the molecule is CCn1c(=NC(=O)c2coc3ccccc3c2=O)sc2cc(F)ccc21. The summed E-state index contributed by atoms with van der Waals surface area (Å²) >= 11 is 1.20. The van der Waals surface area contributed by atoms with Gasteiger partial charge in [0.2, 0.25) is 5.43 Å². The molecule has 5 nitrogen and oxygen atoms in total. The lowest BCUT2D eigenvalue weighted by Crippen LogP contribution is -2.19. The van der Waals surface area contributed by atoms with E-state index in [1.807, 2.05) is 6.92 Å². The van der Waals surface area contributed by atoms with Crippen molar-refractivity contribution in [1.29, 1.82) is 0 Å². The van der Waals surface area contributed by atoms with Gasteiger partial charge in [0.25, 0.3) is 5.91 Å². The number of para-hydroxylation sites is 1. The third-order valence-electron chi connectivity index (χ3n) is 4.07. The Hall–Kier alpha value is -3.06. The summed E-state index contributed by atoms with van der Waals surface area (Å²) in [6.07, 6.45) is 1.14. The van der Waals surface area contributed by atoms with Crippen LogP contribution in [0.2, 0.25) is 0 Å².